The fraction of sp³-hybridized carbons (Fsp3) is 0.400. The summed E-state index contributed by atoms with van der Waals surface area (Å²) in [4.78, 5) is 1.66. The maximum atomic E-state index is 13.6. The zero-order chi connectivity index (χ0) is 11.9. The highest BCUT2D eigenvalue weighted by molar-refractivity contribution is 7.91. The first-order valence-corrected chi connectivity index (χ1v) is 6.57. The fourth-order valence-electron chi connectivity index (χ4n) is 1.95. The first kappa shape index (κ1) is 11.3. The monoisotopic (exact) mass is 244 g/mol. The van der Waals surface area contributed by atoms with Crippen LogP contribution in [0.25, 0.3) is 0 Å². The molecule has 2 rings (SSSR count). The number of fused-ring (bicyclic) bond motifs is 1. The number of nitrogens with zero attached hydrogens (tertiary/aromatic N) is 1. The molecule has 1 unspecified atom stereocenters. The smallest absolute Gasteiger partial charge is 0.182 e. The Morgan fingerprint density at radius 3 is 2.88 bits per heavy atom. The van der Waals surface area contributed by atoms with E-state index < -0.39 is 15.7 Å². The molecule has 6 heteroatoms. The summed E-state index contributed by atoms with van der Waals surface area (Å²) in [6.45, 7) is 0.184. The molecule has 1 aromatic carbocycles. The normalized spacial score (nSPS) is 22.9. The van der Waals surface area contributed by atoms with Crippen LogP contribution in [0.15, 0.2) is 23.1 Å². The van der Waals surface area contributed by atoms with E-state index in [1.807, 2.05) is 0 Å². The van der Waals surface area contributed by atoms with E-state index in [2.05, 4.69) is 0 Å². The number of sulfone groups is 1. The number of nitrogens with two attached hydrogens (primary N) is 1. The highest BCUT2D eigenvalue weighted by Crippen LogP contribution is 2.34. The second-order valence-corrected chi connectivity index (χ2v) is 5.87. The number of para-hydroxylation sites is 1. The van der Waals surface area contributed by atoms with E-state index in [9.17, 15) is 12.8 Å². The second kappa shape index (κ2) is 3.71. The van der Waals surface area contributed by atoms with Crippen molar-refractivity contribution >= 4 is 15.5 Å². The molecule has 88 valence electrons. The minimum absolute atomic E-state index is 0.0553. The Balaban J connectivity index is 2.68. The Hall–Kier alpha value is -1.14. The number of halogens is 1. The van der Waals surface area contributed by atoms with Crippen LogP contribution >= 0.6 is 0 Å². The molecule has 0 bridgehead atoms. The Kier molecular flexibility index (Phi) is 2.63. The van der Waals surface area contributed by atoms with Gasteiger partial charge in [-0.05, 0) is 12.1 Å². The Labute approximate surface area is 93.8 Å². The van der Waals surface area contributed by atoms with Crippen LogP contribution in [0.5, 0.6) is 0 Å². The Morgan fingerprint density at radius 2 is 2.25 bits per heavy atom. The van der Waals surface area contributed by atoms with Gasteiger partial charge in [0.15, 0.2) is 9.84 Å². The molecule has 0 saturated carbocycles. The van der Waals surface area contributed by atoms with E-state index in [0.29, 0.717) is 0 Å². The molecule has 1 aromatic rings. The predicted octanol–water partition coefficient (Wildman–Crippen LogP) is 0.377. The summed E-state index contributed by atoms with van der Waals surface area (Å²) in [6, 6.07) is 3.72. The van der Waals surface area contributed by atoms with Gasteiger partial charge in [-0.1, -0.05) is 6.07 Å². The summed E-state index contributed by atoms with van der Waals surface area (Å²) in [5.41, 5.74) is 5.62. The molecule has 1 heterocycles. The molecule has 16 heavy (non-hydrogen) atoms. The molecule has 4 nitrogen and oxygen atoms in total. The average Bonchev–Trinajstić information content (AvgIpc) is 2.23. The number of likely N-dealkylation sites (N-methyl/N-ethyl adjacent to an activating group) is 1. The summed E-state index contributed by atoms with van der Waals surface area (Å²) in [5, 5.41) is 0. The van der Waals surface area contributed by atoms with Gasteiger partial charge in [-0.3, -0.25) is 0 Å². The van der Waals surface area contributed by atoms with E-state index in [1.165, 1.54) is 18.2 Å². The van der Waals surface area contributed by atoms with Gasteiger partial charge in [-0.2, -0.15) is 0 Å². The van der Waals surface area contributed by atoms with Crippen molar-refractivity contribution in [3.05, 3.63) is 24.0 Å². The summed E-state index contributed by atoms with van der Waals surface area (Å²) >= 11 is 0. The van der Waals surface area contributed by atoms with Crippen LogP contribution in [0.2, 0.25) is 0 Å². The van der Waals surface area contributed by atoms with Gasteiger partial charge in [0.05, 0.1) is 22.4 Å². The molecule has 0 aliphatic carbocycles. The van der Waals surface area contributed by atoms with Crippen molar-refractivity contribution in [2.75, 3.05) is 24.2 Å². The van der Waals surface area contributed by atoms with Crippen LogP contribution in [0, 0.1) is 5.82 Å². The lowest BCUT2D eigenvalue weighted by Crippen LogP contribution is -2.47. The molecular formula is C10H13FN2O2S. The number of benzene rings is 1. The van der Waals surface area contributed by atoms with Gasteiger partial charge in [0.2, 0.25) is 0 Å². The van der Waals surface area contributed by atoms with Crippen LogP contribution in [0.3, 0.4) is 0 Å². The van der Waals surface area contributed by atoms with Gasteiger partial charge in [0.25, 0.3) is 0 Å². The molecule has 1 aliphatic heterocycles. The van der Waals surface area contributed by atoms with E-state index in [1.54, 1.807) is 11.9 Å². The lowest BCUT2D eigenvalue weighted by atomic mass is 10.2. The molecule has 1 atom stereocenters. The molecule has 1 aliphatic rings. The zero-order valence-electron chi connectivity index (χ0n) is 8.85. The van der Waals surface area contributed by atoms with Gasteiger partial charge in [-0.15, -0.1) is 0 Å². The van der Waals surface area contributed by atoms with Crippen molar-refractivity contribution in [1.29, 1.82) is 0 Å². The van der Waals surface area contributed by atoms with Crippen LogP contribution in [-0.4, -0.2) is 33.8 Å². The zero-order valence-corrected chi connectivity index (χ0v) is 9.67. The van der Waals surface area contributed by atoms with Gasteiger partial charge < -0.3 is 10.6 Å². The first-order valence-electron chi connectivity index (χ1n) is 4.91. The second-order valence-electron chi connectivity index (χ2n) is 3.87. The molecule has 0 aromatic heterocycles. The minimum atomic E-state index is -3.42. The summed E-state index contributed by atoms with van der Waals surface area (Å²) < 4.78 is 37.4. The van der Waals surface area contributed by atoms with Gasteiger partial charge >= 0.3 is 0 Å². The van der Waals surface area contributed by atoms with Crippen molar-refractivity contribution in [2.45, 2.75) is 10.9 Å². The van der Waals surface area contributed by atoms with Crippen LogP contribution < -0.4 is 10.6 Å². The number of anilines is 1. The average molecular weight is 244 g/mol. The number of hydrogen-bond donors (Lipinski definition) is 1. The Morgan fingerprint density at radius 1 is 1.56 bits per heavy atom. The van der Waals surface area contributed by atoms with Crippen molar-refractivity contribution in [3.63, 3.8) is 0 Å². The highest BCUT2D eigenvalue weighted by atomic mass is 32.2. The van der Waals surface area contributed by atoms with Crippen LogP contribution in [-0.2, 0) is 9.84 Å². The third-order valence-electron chi connectivity index (χ3n) is 2.87. The topological polar surface area (TPSA) is 63.4 Å². The summed E-state index contributed by atoms with van der Waals surface area (Å²) in [5.74, 6) is -0.585. The number of hydrogen-bond acceptors (Lipinski definition) is 4. The van der Waals surface area contributed by atoms with Gasteiger partial charge in [0, 0.05) is 13.6 Å². The Bertz CT molecular complexity index is 516. The lowest BCUT2D eigenvalue weighted by molar-refractivity contribution is 0.557. The van der Waals surface area contributed by atoms with Gasteiger partial charge in [0.1, 0.15) is 5.82 Å². The highest BCUT2D eigenvalue weighted by Gasteiger charge is 2.34. The van der Waals surface area contributed by atoms with Crippen molar-refractivity contribution < 1.29 is 12.8 Å². The van der Waals surface area contributed by atoms with Gasteiger partial charge in [-0.25, -0.2) is 12.8 Å². The molecule has 0 amide bonds. The van der Waals surface area contributed by atoms with E-state index >= 15 is 0 Å². The van der Waals surface area contributed by atoms with Crippen molar-refractivity contribution in [3.8, 4) is 0 Å². The SMILES string of the molecule is CN1c2c(F)cccc2S(=O)(=O)CC1CN. The fourth-order valence-corrected chi connectivity index (χ4v) is 3.82. The molecule has 0 spiro atoms. The number of rotatable bonds is 1. The van der Waals surface area contributed by atoms with Crippen molar-refractivity contribution in [1.82, 2.24) is 0 Å². The lowest BCUT2D eigenvalue weighted by Gasteiger charge is -2.34. The third-order valence-corrected chi connectivity index (χ3v) is 4.69. The summed E-state index contributed by atoms with van der Waals surface area (Å²) in [6.07, 6.45) is 0. The maximum Gasteiger partial charge on any atom is 0.182 e. The molecule has 0 fully saturated rings. The van der Waals surface area contributed by atoms with Crippen LogP contribution in [0.4, 0.5) is 10.1 Å². The quantitative estimate of drug-likeness (QED) is 0.775. The largest absolute Gasteiger partial charge is 0.366 e. The predicted molar refractivity (Wildman–Crippen MR) is 59.7 cm³/mol. The van der Waals surface area contributed by atoms with E-state index in [0.717, 1.165) is 0 Å². The molecule has 0 radical (unpaired) electrons. The standard InChI is InChI=1S/C10H13FN2O2S/c1-13-7(5-12)6-16(14,15)9-4-2-3-8(11)10(9)13/h2-4,7H,5-6,12H2,1H3. The first-order chi connectivity index (χ1) is 7.47. The minimum Gasteiger partial charge on any atom is -0.366 e. The molecule has 2 N–H and O–H groups in total. The summed E-state index contributed by atoms with van der Waals surface area (Å²) in [7, 11) is -1.76. The molecular weight excluding hydrogens is 231 g/mol. The van der Waals surface area contributed by atoms with Crippen molar-refractivity contribution in [2.24, 2.45) is 5.73 Å². The molecule has 0 saturated heterocycles. The van der Waals surface area contributed by atoms with E-state index in [4.69, 9.17) is 5.73 Å². The van der Waals surface area contributed by atoms with E-state index in [-0.39, 0.29) is 28.9 Å². The third kappa shape index (κ3) is 1.58. The van der Waals surface area contributed by atoms with Crippen LogP contribution in [0.1, 0.15) is 0 Å². The maximum absolute atomic E-state index is 13.6.